The van der Waals surface area contributed by atoms with Gasteiger partial charge >= 0.3 is 5.97 Å². The van der Waals surface area contributed by atoms with Gasteiger partial charge in [-0.2, -0.15) is 0 Å². The van der Waals surface area contributed by atoms with Crippen LogP contribution in [0.5, 0.6) is 0 Å². The Morgan fingerprint density at radius 1 is 1.14 bits per heavy atom. The Bertz CT molecular complexity index is 437. The predicted octanol–water partition coefficient (Wildman–Crippen LogP) is 1.07. The summed E-state index contributed by atoms with van der Waals surface area (Å²) in [4.78, 5) is 34.8. The fourth-order valence-electron chi connectivity index (χ4n) is 2.29. The Morgan fingerprint density at radius 2 is 1.71 bits per heavy atom. The van der Waals surface area contributed by atoms with Crippen molar-refractivity contribution < 1.29 is 19.5 Å². The number of amides is 2. The molecule has 2 atom stereocenters. The summed E-state index contributed by atoms with van der Waals surface area (Å²) in [5.74, 6) is -2.63. The molecular weight excluding hydrogens is 272 g/mol. The van der Waals surface area contributed by atoms with Crippen LogP contribution in [0.4, 0.5) is 0 Å². The van der Waals surface area contributed by atoms with Gasteiger partial charge in [-0.3, -0.25) is 14.4 Å². The van der Waals surface area contributed by atoms with E-state index in [1.807, 2.05) is 26.8 Å². The number of carbonyl (C=O) groups excluding carboxylic acids is 2. The van der Waals surface area contributed by atoms with Crippen LogP contribution >= 0.6 is 0 Å². The van der Waals surface area contributed by atoms with Gasteiger partial charge in [0.05, 0.1) is 11.8 Å². The molecule has 0 heterocycles. The van der Waals surface area contributed by atoms with Crippen LogP contribution in [0.15, 0.2) is 12.2 Å². The maximum Gasteiger partial charge on any atom is 0.307 e. The van der Waals surface area contributed by atoms with Gasteiger partial charge in [-0.25, -0.2) is 0 Å². The van der Waals surface area contributed by atoms with Gasteiger partial charge in [-0.05, 0) is 33.6 Å². The summed E-state index contributed by atoms with van der Waals surface area (Å²) in [6.07, 6.45) is 4.60. The first-order chi connectivity index (χ1) is 9.70. The molecular formula is C15H24N2O4. The molecule has 0 radical (unpaired) electrons. The summed E-state index contributed by atoms with van der Waals surface area (Å²) in [6.45, 7) is 5.87. The third-order valence-corrected chi connectivity index (χ3v) is 3.25. The first-order valence-electron chi connectivity index (χ1n) is 7.17. The molecule has 0 spiro atoms. The molecule has 2 amide bonds. The number of carbonyl (C=O) groups is 3. The minimum Gasteiger partial charge on any atom is -0.481 e. The lowest BCUT2D eigenvalue weighted by Gasteiger charge is -2.24. The van der Waals surface area contributed by atoms with Gasteiger partial charge in [0, 0.05) is 18.5 Å². The Morgan fingerprint density at radius 3 is 2.24 bits per heavy atom. The van der Waals surface area contributed by atoms with E-state index in [9.17, 15) is 14.4 Å². The van der Waals surface area contributed by atoms with Gasteiger partial charge in [0.1, 0.15) is 0 Å². The molecule has 1 aliphatic carbocycles. The molecule has 0 fully saturated rings. The van der Waals surface area contributed by atoms with Crippen LogP contribution in [0.1, 0.15) is 40.0 Å². The van der Waals surface area contributed by atoms with Gasteiger partial charge in [-0.1, -0.05) is 12.2 Å². The Kier molecular flexibility index (Phi) is 5.93. The lowest BCUT2D eigenvalue weighted by atomic mass is 9.82. The van der Waals surface area contributed by atoms with Crippen molar-refractivity contribution in [1.29, 1.82) is 0 Å². The van der Waals surface area contributed by atoms with Crippen LogP contribution in [-0.2, 0) is 14.4 Å². The van der Waals surface area contributed by atoms with Crippen LogP contribution in [0, 0.1) is 11.8 Å². The van der Waals surface area contributed by atoms with E-state index in [-0.39, 0.29) is 30.3 Å². The molecule has 1 rings (SSSR count). The molecule has 0 saturated heterocycles. The minimum absolute atomic E-state index is 0.138. The first kappa shape index (κ1) is 17.2. The largest absolute Gasteiger partial charge is 0.481 e. The number of allylic oxidation sites excluding steroid dienone is 2. The second kappa shape index (κ2) is 7.24. The Labute approximate surface area is 125 Å². The van der Waals surface area contributed by atoms with E-state index in [4.69, 9.17) is 5.11 Å². The maximum absolute atomic E-state index is 12.0. The average molecular weight is 296 g/mol. The third kappa shape index (κ3) is 5.97. The third-order valence-electron chi connectivity index (χ3n) is 3.25. The molecule has 0 aromatic heterocycles. The van der Waals surface area contributed by atoms with Crippen LogP contribution in [0.3, 0.4) is 0 Å². The molecule has 0 aromatic carbocycles. The van der Waals surface area contributed by atoms with E-state index >= 15 is 0 Å². The molecule has 3 N–H and O–H groups in total. The van der Waals surface area contributed by atoms with Crippen LogP contribution in [0.25, 0.3) is 0 Å². The predicted molar refractivity (Wildman–Crippen MR) is 78.5 cm³/mol. The van der Waals surface area contributed by atoms with Gasteiger partial charge < -0.3 is 15.7 Å². The van der Waals surface area contributed by atoms with Crippen molar-refractivity contribution in [3.05, 3.63) is 12.2 Å². The number of hydrogen-bond donors (Lipinski definition) is 3. The van der Waals surface area contributed by atoms with Crippen molar-refractivity contribution >= 4 is 17.8 Å². The fraction of sp³-hybridized carbons (Fsp3) is 0.667. The van der Waals surface area contributed by atoms with Crippen LogP contribution in [0.2, 0.25) is 0 Å². The zero-order valence-corrected chi connectivity index (χ0v) is 12.8. The van der Waals surface area contributed by atoms with Gasteiger partial charge in [0.2, 0.25) is 11.8 Å². The molecule has 0 aliphatic heterocycles. The molecule has 118 valence electrons. The normalized spacial score (nSPS) is 21.7. The zero-order chi connectivity index (χ0) is 16.0. The maximum atomic E-state index is 12.0. The number of rotatable bonds is 5. The second-order valence-electron chi connectivity index (χ2n) is 6.33. The van der Waals surface area contributed by atoms with E-state index in [0.29, 0.717) is 12.8 Å². The zero-order valence-electron chi connectivity index (χ0n) is 12.8. The standard InChI is InChI=1S/C15H24N2O4/c1-15(2,3)17-12(18)8-9-16-13(19)10-6-4-5-7-11(10)14(20)21/h4-5,10-11H,6-9H2,1-3H3,(H,16,19)(H,17,18)(H,20,21). The lowest BCUT2D eigenvalue weighted by Crippen LogP contribution is -2.43. The Hall–Kier alpha value is -1.85. The second-order valence-corrected chi connectivity index (χ2v) is 6.33. The van der Waals surface area contributed by atoms with Crippen molar-refractivity contribution in [3.8, 4) is 0 Å². The van der Waals surface area contributed by atoms with Crippen molar-refractivity contribution in [1.82, 2.24) is 10.6 Å². The number of carboxylic acids is 1. The number of nitrogens with one attached hydrogen (secondary N) is 2. The summed E-state index contributed by atoms with van der Waals surface area (Å²) < 4.78 is 0. The van der Waals surface area contributed by atoms with E-state index in [1.54, 1.807) is 6.08 Å². The number of carboxylic acid groups (broad SMARTS) is 1. The summed E-state index contributed by atoms with van der Waals surface area (Å²) >= 11 is 0. The van der Waals surface area contributed by atoms with Gasteiger partial charge in [0.15, 0.2) is 0 Å². The topological polar surface area (TPSA) is 95.5 Å². The van der Waals surface area contributed by atoms with E-state index in [0.717, 1.165) is 0 Å². The minimum atomic E-state index is -0.954. The monoisotopic (exact) mass is 296 g/mol. The van der Waals surface area contributed by atoms with E-state index in [2.05, 4.69) is 10.6 Å². The van der Waals surface area contributed by atoms with Gasteiger partial charge in [0.25, 0.3) is 0 Å². The summed E-state index contributed by atoms with van der Waals surface area (Å²) in [5, 5.41) is 14.6. The van der Waals surface area contributed by atoms with Crippen LogP contribution in [-0.4, -0.2) is 35.0 Å². The smallest absolute Gasteiger partial charge is 0.307 e. The molecule has 21 heavy (non-hydrogen) atoms. The van der Waals surface area contributed by atoms with E-state index < -0.39 is 17.8 Å². The highest BCUT2D eigenvalue weighted by molar-refractivity contribution is 5.85. The van der Waals surface area contributed by atoms with Crippen molar-refractivity contribution in [2.45, 2.75) is 45.6 Å². The molecule has 0 saturated carbocycles. The molecule has 6 nitrogen and oxygen atoms in total. The van der Waals surface area contributed by atoms with Crippen molar-refractivity contribution in [2.24, 2.45) is 11.8 Å². The molecule has 6 heteroatoms. The highest BCUT2D eigenvalue weighted by Gasteiger charge is 2.33. The van der Waals surface area contributed by atoms with Gasteiger partial charge in [-0.15, -0.1) is 0 Å². The van der Waals surface area contributed by atoms with E-state index in [1.165, 1.54) is 0 Å². The SMILES string of the molecule is CC(C)(C)NC(=O)CCNC(=O)C1CC=CCC1C(=O)O. The summed E-state index contributed by atoms with van der Waals surface area (Å²) in [6, 6.07) is 0. The highest BCUT2D eigenvalue weighted by Crippen LogP contribution is 2.25. The highest BCUT2D eigenvalue weighted by atomic mass is 16.4. The molecule has 1 aliphatic rings. The number of hydrogen-bond acceptors (Lipinski definition) is 3. The van der Waals surface area contributed by atoms with Crippen molar-refractivity contribution in [2.75, 3.05) is 6.54 Å². The first-order valence-corrected chi connectivity index (χ1v) is 7.17. The lowest BCUT2D eigenvalue weighted by molar-refractivity contribution is -0.147. The summed E-state index contributed by atoms with van der Waals surface area (Å²) in [5.41, 5.74) is -0.302. The average Bonchev–Trinajstić information content (AvgIpc) is 2.36. The molecule has 0 bridgehead atoms. The number of aliphatic carboxylic acids is 1. The molecule has 0 aromatic rings. The Balaban J connectivity index is 2.41. The quantitative estimate of drug-likeness (QED) is 0.661. The fourth-order valence-corrected chi connectivity index (χ4v) is 2.29. The van der Waals surface area contributed by atoms with Crippen LogP contribution < -0.4 is 10.6 Å². The van der Waals surface area contributed by atoms with Crippen molar-refractivity contribution in [3.63, 3.8) is 0 Å². The molecule has 2 unspecified atom stereocenters. The summed E-state index contributed by atoms with van der Waals surface area (Å²) in [7, 11) is 0.